The van der Waals surface area contributed by atoms with Crippen molar-refractivity contribution in [2.24, 2.45) is 4.99 Å². The predicted molar refractivity (Wildman–Crippen MR) is 155 cm³/mol. The van der Waals surface area contributed by atoms with E-state index in [4.69, 9.17) is 23.6 Å². The number of benzene rings is 2. The van der Waals surface area contributed by atoms with Gasteiger partial charge < -0.3 is 18.6 Å². The molecule has 0 saturated heterocycles. The van der Waals surface area contributed by atoms with Crippen molar-refractivity contribution in [3.63, 3.8) is 0 Å². The molecule has 0 aliphatic carbocycles. The van der Waals surface area contributed by atoms with E-state index in [0.717, 1.165) is 16.9 Å². The van der Waals surface area contributed by atoms with Gasteiger partial charge >= 0.3 is 11.9 Å². The van der Waals surface area contributed by atoms with Gasteiger partial charge in [-0.3, -0.25) is 19.5 Å². The zero-order valence-electron chi connectivity index (χ0n) is 23.1. The van der Waals surface area contributed by atoms with Gasteiger partial charge in [-0.2, -0.15) is 0 Å². The van der Waals surface area contributed by atoms with Crippen molar-refractivity contribution < 1.29 is 28.3 Å². The normalized spacial score (nSPS) is 14.7. The van der Waals surface area contributed by atoms with Gasteiger partial charge in [0.2, 0.25) is 0 Å². The number of nitrogens with zero attached hydrogens (tertiary/aromatic N) is 3. The van der Waals surface area contributed by atoms with Crippen LogP contribution in [0.25, 0.3) is 11.8 Å². The molecule has 5 rings (SSSR count). The number of carbonyl (C=O) groups is 1. The molecule has 0 bridgehead atoms. The number of ether oxygens (including phenoxy) is 3. The van der Waals surface area contributed by atoms with Gasteiger partial charge in [-0.1, -0.05) is 47.7 Å². The highest BCUT2D eigenvalue weighted by atomic mass is 32.1. The third-order valence-corrected chi connectivity index (χ3v) is 7.41. The molecule has 2 aromatic heterocycles. The van der Waals surface area contributed by atoms with Gasteiger partial charge in [0.1, 0.15) is 27.9 Å². The molecule has 42 heavy (non-hydrogen) atoms. The summed E-state index contributed by atoms with van der Waals surface area (Å²) in [5, 5.41) is 11.0. The van der Waals surface area contributed by atoms with E-state index in [1.54, 1.807) is 32.0 Å². The van der Waals surface area contributed by atoms with Crippen LogP contribution < -0.4 is 24.4 Å². The molecule has 0 N–H and O–H groups in total. The van der Waals surface area contributed by atoms with Crippen LogP contribution in [0.4, 0.5) is 5.88 Å². The summed E-state index contributed by atoms with van der Waals surface area (Å²) in [6.45, 7) is 6.10. The maximum Gasteiger partial charge on any atom is 0.433 e. The molecule has 1 aliphatic heterocycles. The molecule has 4 aromatic rings. The van der Waals surface area contributed by atoms with Crippen LogP contribution >= 0.6 is 11.3 Å². The molecule has 11 nitrogen and oxygen atoms in total. The Morgan fingerprint density at radius 3 is 2.57 bits per heavy atom. The van der Waals surface area contributed by atoms with Gasteiger partial charge in [-0.05, 0) is 50.1 Å². The zero-order chi connectivity index (χ0) is 29.8. The van der Waals surface area contributed by atoms with Gasteiger partial charge in [0.15, 0.2) is 16.3 Å². The molecule has 0 amide bonds. The van der Waals surface area contributed by atoms with Crippen molar-refractivity contribution in [1.82, 2.24) is 4.57 Å². The van der Waals surface area contributed by atoms with Crippen LogP contribution in [-0.2, 0) is 16.1 Å². The van der Waals surface area contributed by atoms with E-state index in [-0.39, 0.29) is 22.5 Å². The lowest BCUT2D eigenvalue weighted by Crippen LogP contribution is -2.35. The summed E-state index contributed by atoms with van der Waals surface area (Å²) < 4.78 is 24.1. The van der Waals surface area contributed by atoms with Crippen molar-refractivity contribution in [1.29, 1.82) is 0 Å². The molecule has 3 heterocycles. The molecule has 216 valence electrons. The average Bonchev–Trinajstić information content (AvgIpc) is 3.57. The fourth-order valence-corrected chi connectivity index (χ4v) is 5.54. The van der Waals surface area contributed by atoms with E-state index in [2.05, 4.69) is 0 Å². The number of nitro groups is 1. The smallest absolute Gasteiger partial charge is 0.433 e. The van der Waals surface area contributed by atoms with Gasteiger partial charge in [0.05, 0.1) is 24.9 Å². The number of fused-ring (bicyclic) bond motifs is 1. The van der Waals surface area contributed by atoms with Gasteiger partial charge in [0.25, 0.3) is 5.56 Å². The van der Waals surface area contributed by atoms with Crippen molar-refractivity contribution in [3.05, 3.63) is 113 Å². The first-order valence-corrected chi connectivity index (χ1v) is 14.0. The number of hydrogen-bond acceptors (Lipinski definition) is 10. The predicted octanol–water partition coefficient (Wildman–Crippen LogP) is 4.39. The Kier molecular flexibility index (Phi) is 8.34. The Balaban J connectivity index is 1.59. The lowest BCUT2D eigenvalue weighted by atomic mass is 9.96. The maximum atomic E-state index is 13.4. The van der Waals surface area contributed by atoms with Crippen LogP contribution in [0, 0.1) is 10.1 Å². The standard InChI is InChI=1S/C30H27N3O8S/c1-4-38-23-15-20(11-13-22(23)40-17-19-9-7-6-8-10-19)27-26(29(35)39-5-2)18(3)32-28(34)24(42-30(32)31-27)16-21-12-14-25(41-21)33(36)37/h6-16,27H,4-5,17H2,1-3H3/b24-16+/t27-/m1/s1. The van der Waals surface area contributed by atoms with Crippen LogP contribution in [0.15, 0.2) is 80.4 Å². The summed E-state index contributed by atoms with van der Waals surface area (Å²) in [5.74, 6) is 0.145. The van der Waals surface area contributed by atoms with Crippen LogP contribution in [0.5, 0.6) is 11.5 Å². The minimum Gasteiger partial charge on any atom is -0.490 e. The van der Waals surface area contributed by atoms with Crippen molar-refractivity contribution in [3.8, 4) is 11.5 Å². The van der Waals surface area contributed by atoms with Crippen LogP contribution in [-0.4, -0.2) is 28.7 Å². The number of thiazole rings is 1. The first-order valence-electron chi connectivity index (χ1n) is 13.2. The fourth-order valence-electron chi connectivity index (χ4n) is 4.52. The summed E-state index contributed by atoms with van der Waals surface area (Å²) in [6, 6.07) is 16.9. The Hall–Kier alpha value is -4.97. The number of hydrogen-bond donors (Lipinski definition) is 0. The number of carbonyl (C=O) groups excluding carboxylic acids is 1. The quantitative estimate of drug-likeness (QED) is 0.151. The summed E-state index contributed by atoms with van der Waals surface area (Å²) in [4.78, 5) is 42.1. The second-order valence-electron chi connectivity index (χ2n) is 9.13. The highest BCUT2D eigenvalue weighted by molar-refractivity contribution is 7.07. The summed E-state index contributed by atoms with van der Waals surface area (Å²) in [7, 11) is 0. The average molecular weight is 590 g/mol. The second kappa shape index (κ2) is 12.3. The SMILES string of the molecule is CCOC(=O)C1=C(C)n2c(s/c(=C/c3ccc([N+](=O)[O-])o3)c2=O)=N[C@@H]1c1ccc(OCc2ccccc2)c(OCC)c1. The summed E-state index contributed by atoms with van der Waals surface area (Å²) >= 11 is 1.08. The molecule has 0 radical (unpaired) electrons. The third-order valence-electron chi connectivity index (χ3n) is 6.43. The first kappa shape index (κ1) is 28.6. The molecule has 1 aliphatic rings. The first-order chi connectivity index (χ1) is 20.3. The van der Waals surface area contributed by atoms with Gasteiger partial charge in [-0.15, -0.1) is 0 Å². The monoisotopic (exact) mass is 589 g/mol. The van der Waals surface area contributed by atoms with E-state index in [1.165, 1.54) is 22.8 Å². The van der Waals surface area contributed by atoms with Crippen LogP contribution in [0.2, 0.25) is 0 Å². The molecular formula is C30H27N3O8S. The van der Waals surface area contributed by atoms with Gasteiger partial charge in [0, 0.05) is 11.8 Å². The van der Waals surface area contributed by atoms with Crippen LogP contribution in [0.3, 0.4) is 0 Å². The highest BCUT2D eigenvalue weighted by Gasteiger charge is 2.32. The Labute approximate surface area is 243 Å². The molecule has 2 aromatic carbocycles. The lowest BCUT2D eigenvalue weighted by Gasteiger charge is -2.23. The Morgan fingerprint density at radius 2 is 1.88 bits per heavy atom. The maximum absolute atomic E-state index is 13.4. The highest BCUT2D eigenvalue weighted by Crippen LogP contribution is 2.37. The minimum absolute atomic E-state index is 0.139. The molecule has 0 spiro atoms. The van der Waals surface area contributed by atoms with E-state index >= 15 is 0 Å². The molecule has 0 saturated carbocycles. The number of allylic oxidation sites excluding steroid dienone is 1. The fraction of sp³-hybridized carbons (Fsp3) is 0.233. The van der Waals surface area contributed by atoms with E-state index in [1.807, 2.05) is 37.3 Å². The topological polar surface area (TPSA) is 135 Å². The molecule has 0 unspecified atom stereocenters. The van der Waals surface area contributed by atoms with Crippen molar-refractivity contribution in [2.45, 2.75) is 33.4 Å². The second-order valence-corrected chi connectivity index (χ2v) is 10.1. The number of aromatic nitrogens is 1. The zero-order valence-corrected chi connectivity index (χ0v) is 23.9. The lowest BCUT2D eigenvalue weighted by molar-refractivity contribution is -0.402. The number of rotatable bonds is 10. The molecule has 1 atom stereocenters. The van der Waals surface area contributed by atoms with Crippen molar-refractivity contribution >= 4 is 35.0 Å². The summed E-state index contributed by atoms with van der Waals surface area (Å²) in [6.07, 6.45) is 1.42. The summed E-state index contributed by atoms with van der Waals surface area (Å²) in [5.41, 5.74) is 1.80. The Bertz CT molecular complexity index is 1850. The molecule has 12 heteroatoms. The van der Waals surface area contributed by atoms with E-state index in [9.17, 15) is 19.7 Å². The third kappa shape index (κ3) is 5.75. The number of esters is 1. The van der Waals surface area contributed by atoms with Crippen LogP contribution in [0.1, 0.15) is 43.7 Å². The minimum atomic E-state index is -0.790. The number of furan rings is 1. The largest absolute Gasteiger partial charge is 0.490 e. The molecule has 0 fully saturated rings. The van der Waals surface area contributed by atoms with Gasteiger partial charge in [-0.25, -0.2) is 9.79 Å². The van der Waals surface area contributed by atoms with Crippen molar-refractivity contribution in [2.75, 3.05) is 13.2 Å². The molecular weight excluding hydrogens is 562 g/mol. The van der Waals surface area contributed by atoms with E-state index < -0.39 is 28.4 Å². The Morgan fingerprint density at radius 1 is 1.10 bits per heavy atom. The van der Waals surface area contributed by atoms with E-state index in [0.29, 0.717) is 40.8 Å².